The van der Waals surface area contributed by atoms with Crippen LogP contribution < -0.4 is 5.32 Å². The molecule has 5 heteroatoms. The minimum absolute atomic E-state index is 0.0588. The van der Waals surface area contributed by atoms with E-state index in [0.29, 0.717) is 5.88 Å². The molecule has 1 aromatic rings. The van der Waals surface area contributed by atoms with Gasteiger partial charge in [0.2, 0.25) is 0 Å². The van der Waals surface area contributed by atoms with Crippen LogP contribution in [0.1, 0.15) is 17.7 Å². The van der Waals surface area contributed by atoms with Crippen molar-refractivity contribution in [3.8, 4) is 0 Å². The van der Waals surface area contributed by atoms with Gasteiger partial charge in [0.1, 0.15) is 0 Å². The Hall–Kier alpha value is 0.390. The zero-order valence-electron chi connectivity index (χ0n) is 8.97. The monoisotopic (exact) mass is 323 g/mol. The lowest BCUT2D eigenvalue weighted by molar-refractivity contribution is 0.0460. The van der Waals surface area contributed by atoms with Gasteiger partial charge in [-0.05, 0) is 40.2 Å². The van der Waals surface area contributed by atoms with Crippen LogP contribution in [0.5, 0.6) is 0 Å². The van der Waals surface area contributed by atoms with Crippen molar-refractivity contribution in [3.63, 3.8) is 0 Å². The highest BCUT2D eigenvalue weighted by Crippen LogP contribution is 2.26. The van der Waals surface area contributed by atoms with E-state index >= 15 is 0 Å². The summed E-state index contributed by atoms with van der Waals surface area (Å²) in [6.07, 6.45) is 2.00. The predicted octanol–water partition coefficient (Wildman–Crippen LogP) is 3.39. The van der Waals surface area contributed by atoms with Crippen LogP contribution in [0.15, 0.2) is 15.9 Å². The Balaban J connectivity index is 1.94. The van der Waals surface area contributed by atoms with Crippen molar-refractivity contribution in [1.82, 2.24) is 5.32 Å². The minimum Gasteiger partial charge on any atom is -0.381 e. The van der Waals surface area contributed by atoms with Crippen LogP contribution in [0.3, 0.4) is 0 Å². The average Bonchev–Trinajstić information content (AvgIpc) is 2.74. The summed E-state index contributed by atoms with van der Waals surface area (Å²) in [6, 6.07) is 2.08. The highest BCUT2D eigenvalue weighted by Gasteiger charge is 2.31. The van der Waals surface area contributed by atoms with Gasteiger partial charge in [-0.2, -0.15) is 0 Å². The average molecular weight is 325 g/mol. The van der Waals surface area contributed by atoms with Crippen LogP contribution in [0, 0.1) is 0 Å². The van der Waals surface area contributed by atoms with Gasteiger partial charge < -0.3 is 10.1 Å². The molecule has 1 saturated heterocycles. The standard InChI is InChI=1S/C11H15BrClNOS/c12-9-1-6-16-10(9)7-14-11(8-13)2-4-15-5-3-11/h1,6,14H,2-5,7-8H2. The molecule has 2 rings (SSSR count). The molecular formula is C11H15BrClNOS. The van der Waals surface area contributed by atoms with Gasteiger partial charge in [-0.25, -0.2) is 0 Å². The summed E-state index contributed by atoms with van der Waals surface area (Å²) in [7, 11) is 0. The van der Waals surface area contributed by atoms with Crippen molar-refractivity contribution >= 4 is 38.9 Å². The predicted molar refractivity (Wildman–Crippen MR) is 72.4 cm³/mol. The second-order valence-corrected chi connectivity index (χ2v) is 6.19. The van der Waals surface area contributed by atoms with Gasteiger partial charge in [0.25, 0.3) is 0 Å². The van der Waals surface area contributed by atoms with Crippen molar-refractivity contribution in [3.05, 3.63) is 20.8 Å². The number of nitrogens with one attached hydrogen (secondary N) is 1. The summed E-state index contributed by atoms with van der Waals surface area (Å²) in [5, 5.41) is 5.69. The Morgan fingerprint density at radius 1 is 1.50 bits per heavy atom. The van der Waals surface area contributed by atoms with Crippen LogP contribution >= 0.6 is 38.9 Å². The van der Waals surface area contributed by atoms with Gasteiger partial charge in [-0.3, -0.25) is 0 Å². The third-order valence-electron chi connectivity index (χ3n) is 3.02. The molecule has 1 N–H and O–H groups in total. The second-order valence-electron chi connectivity index (χ2n) is 4.07. The highest BCUT2D eigenvalue weighted by atomic mass is 79.9. The van der Waals surface area contributed by atoms with E-state index in [4.69, 9.17) is 16.3 Å². The lowest BCUT2D eigenvalue weighted by atomic mass is 9.92. The fourth-order valence-electron chi connectivity index (χ4n) is 1.84. The maximum absolute atomic E-state index is 6.09. The van der Waals surface area contributed by atoms with E-state index in [2.05, 4.69) is 32.7 Å². The topological polar surface area (TPSA) is 21.3 Å². The molecule has 2 heterocycles. The summed E-state index contributed by atoms with van der Waals surface area (Å²) in [5.41, 5.74) is 0.0588. The first-order chi connectivity index (χ1) is 7.76. The molecule has 0 atom stereocenters. The van der Waals surface area contributed by atoms with Crippen molar-refractivity contribution in [2.24, 2.45) is 0 Å². The van der Waals surface area contributed by atoms with E-state index in [0.717, 1.165) is 32.6 Å². The van der Waals surface area contributed by atoms with E-state index in [-0.39, 0.29) is 5.54 Å². The zero-order chi connectivity index (χ0) is 11.4. The fraction of sp³-hybridized carbons (Fsp3) is 0.636. The van der Waals surface area contributed by atoms with Crippen molar-refractivity contribution < 1.29 is 4.74 Å². The molecule has 0 aromatic carbocycles. The molecule has 1 aromatic heterocycles. The summed E-state index contributed by atoms with van der Waals surface area (Å²) in [5.74, 6) is 0.652. The molecule has 16 heavy (non-hydrogen) atoms. The Kier molecular flexibility index (Phi) is 4.67. The third kappa shape index (κ3) is 2.99. The van der Waals surface area contributed by atoms with Crippen LogP contribution in [0.2, 0.25) is 0 Å². The minimum atomic E-state index is 0.0588. The lowest BCUT2D eigenvalue weighted by Crippen LogP contribution is -2.50. The van der Waals surface area contributed by atoms with Gasteiger partial charge >= 0.3 is 0 Å². The first-order valence-electron chi connectivity index (χ1n) is 5.36. The summed E-state index contributed by atoms with van der Waals surface area (Å²) in [6.45, 7) is 2.50. The lowest BCUT2D eigenvalue weighted by Gasteiger charge is -2.36. The van der Waals surface area contributed by atoms with Crippen molar-refractivity contribution in [2.75, 3.05) is 19.1 Å². The first-order valence-corrected chi connectivity index (χ1v) is 7.57. The third-order valence-corrected chi connectivity index (χ3v) is 5.46. The number of halogens is 2. The normalized spacial score (nSPS) is 19.9. The molecular weight excluding hydrogens is 310 g/mol. The Labute approximate surface area is 113 Å². The number of ether oxygens (including phenoxy) is 1. The molecule has 1 aliphatic heterocycles. The first kappa shape index (κ1) is 12.8. The van der Waals surface area contributed by atoms with Gasteiger partial charge in [-0.1, -0.05) is 0 Å². The largest absolute Gasteiger partial charge is 0.381 e. The van der Waals surface area contributed by atoms with E-state index in [1.807, 2.05) is 0 Å². The van der Waals surface area contributed by atoms with Crippen LogP contribution in [-0.4, -0.2) is 24.6 Å². The molecule has 0 spiro atoms. The number of alkyl halides is 1. The summed E-state index contributed by atoms with van der Waals surface area (Å²) >= 11 is 11.4. The Bertz CT molecular complexity index is 338. The fourth-order valence-corrected chi connectivity index (χ4v) is 3.63. The zero-order valence-corrected chi connectivity index (χ0v) is 12.1. The van der Waals surface area contributed by atoms with Gasteiger partial charge in [-0.15, -0.1) is 22.9 Å². The molecule has 2 nitrogen and oxygen atoms in total. The molecule has 0 amide bonds. The molecule has 90 valence electrons. The van der Waals surface area contributed by atoms with Gasteiger partial charge in [0, 0.05) is 40.5 Å². The van der Waals surface area contributed by atoms with Crippen LogP contribution in [0.25, 0.3) is 0 Å². The molecule has 0 radical (unpaired) electrons. The van der Waals surface area contributed by atoms with Crippen molar-refractivity contribution in [1.29, 1.82) is 0 Å². The SMILES string of the molecule is ClCC1(NCc2sccc2Br)CCOCC1. The van der Waals surface area contributed by atoms with E-state index in [1.54, 1.807) is 11.3 Å². The highest BCUT2D eigenvalue weighted by molar-refractivity contribution is 9.10. The maximum atomic E-state index is 6.09. The van der Waals surface area contributed by atoms with Gasteiger partial charge in [0.15, 0.2) is 0 Å². The second kappa shape index (κ2) is 5.83. The summed E-state index contributed by atoms with van der Waals surface area (Å²) < 4.78 is 6.56. The Morgan fingerprint density at radius 3 is 2.81 bits per heavy atom. The van der Waals surface area contributed by atoms with E-state index < -0.39 is 0 Å². The number of rotatable bonds is 4. The van der Waals surface area contributed by atoms with Gasteiger partial charge in [0.05, 0.1) is 0 Å². The van der Waals surface area contributed by atoms with E-state index in [9.17, 15) is 0 Å². The van der Waals surface area contributed by atoms with Crippen LogP contribution in [0.4, 0.5) is 0 Å². The molecule has 0 unspecified atom stereocenters. The van der Waals surface area contributed by atoms with Crippen LogP contribution in [-0.2, 0) is 11.3 Å². The smallest absolute Gasteiger partial charge is 0.0484 e. The Morgan fingerprint density at radius 2 is 2.25 bits per heavy atom. The van der Waals surface area contributed by atoms with E-state index in [1.165, 1.54) is 9.35 Å². The summed E-state index contributed by atoms with van der Waals surface area (Å²) in [4.78, 5) is 1.33. The number of hydrogen-bond acceptors (Lipinski definition) is 3. The number of thiophene rings is 1. The molecule has 0 bridgehead atoms. The number of hydrogen-bond donors (Lipinski definition) is 1. The maximum Gasteiger partial charge on any atom is 0.0484 e. The quantitative estimate of drug-likeness (QED) is 0.857. The molecule has 0 aliphatic carbocycles. The molecule has 1 fully saturated rings. The molecule has 1 aliphatic rings. The molecule has 0 saturated carbocycles. The van der Waals surface area contributed by atoms with Crippen molar-refractivity contribution in [2.45, 2.75) is 24.9 Å².